The lowest BCUT2D eigenvalue weighted by atomic mass is 9.92. The highest BCUT2D eigenvalue weighted by atomic mass is 19.4. The highest BCUT2D eigenvalue weighted by Gasteiger charge is 2.39. The molecule has 1 aromatic heterocycles. The summed E-state index contributed by atoms with van der Waals surface area (Å²) in [5.74, 6) is -4.19. The van der Waals surface area contributed by atoms with E-state index in [0.717, 1.165) is 6.07 Å². The van der Waals surface area contributed by atoms with Gasteiger partial charge in [0, 0.05) is 43.0 Å². The highest BCUT2D eigenvalue weighted by Crippen LogP contribution is 2.42. The topological polar surface area (TPSA) is 101 Å². The van der Waals surface area contributed by atoms with E-state index in [0.29, 0.717) is 34.0 Å². The normalized spacial score (nSPS) is 18.1. The van der Waals surface area contributed by atoms with Crippen LogP contribution in [0.15, 0.2) is 65.6 Å². The predicted molar refractivity (Wildman–Crippen MR) is 175 cm³/mol. The molecule has 3 aromatic carbocycles. The van der Waals surface area contributed by atoms with E-state index in [-0.39, 0.29) is 54.6 Å². The molecule has 2 atom stereocenters. The molecule has 2 N–H and O–H groups in total. The van der Waals surface area contributed by atoms with Crippen LogP contribution in [-0.4, -0.2) is 52.3 Å². The van der Waals surface area contributed by atoms with E-state index >= 15 is 4.39 Å². The van der Waals surface area contributed by atoms with Gasteiger partial charge in [-0.25, -0.2) is 8.78 Å². The molecule has 3 heterocycles. The maximum Gasteiger partial charge on any atom is 0.416 e. The number of hydrogen-bond donors (Lipinski definition) is 2. The summed E-state index contributed by atoms with van der Waals surface area (Å²) in [6, 6.07) is 5.91. The second kappa shape index (κ2) is 14.0. The van der Waals surface area contributed by atoms with Crippen LogP contribution >= 0.6 is 0 Å². The Morgan fingerprint density at radius 2 is 1.68 bits per heavy atom. The summed E-state index contributed by atoms with van der Waals surface area (Å²) in [5.41, 5.74) is -4.36. The molecule has 53 heavy (non-hydrogen) atoms. The number of hydrogen-bond acceptors (Lipinski definition) is 5. The Bertz CT molecular complexity index is 2160. The fraction of sp³-hybridized carbons (Fsp3) is 0.324. The number of alkyl halides is 7. The molecule has 280 valence electrons. The van der Waals surface area contributed by atoms with Gasteiger partial charge in [0.05, 0.1) is 23.6 Å². The van der Waals surface area contributed by atoms with Crippen LogP contribution in [0.25, 0.3) is 11.1 Å². The number of pyridine rings is 1. The summed E-state index contributed by atoms with van der Waals surface area (Å²) in [6.07, 6.45) is -11.9. The number of ether oxygens (including phenoxy) is 1. The number of nitrogens with one attached hydrogen (secondary N) is 1. The number of nitrogens with zero attached hydrogens (tertiary/aromatic N) is 2. The minimum Gasteiger partial charge on any atom is -0.481 e. The van der Waals surface area contributed by atoms with Gasteiger partial charge in [-0.3, -0.25) is 23.9 Å². The first-order valence-electron chi connectivity index (χ1n) is 16.3. The number of aromatic nitrogens is 1. The summed E-state index contributed by atoms with van der Waals surface area (Å²) < 4.78 is 122. The van der Waals surface area contributed by atoms with Crippen molar-refractivity contribution < 1.29 is 54.6 Å². The predicted octanol–water partition coefficient (Wildman–Crippen LogP) is 7.53. The average Bonchev–Trinajstić information content (AvgIpc) is 3.03. The van der Waals surface area contributed by atoms with Gasteiger partial charge in [0.15, 0.2) is 0 Å². The number of aryl methyl sites for hydroxylation is 2. The first kappa shape index (κ1) is 37.5. The van der Waals surface area contributed by atoms with Crippen LogP contribution in [-0.2, 0) is 28.4 Å². The van der Waals surface area contributed by atoms with Crippen LogP contribution in [0.4, 0.5) is 35.1 Å². The van der Waals surface area contributed by atoms with Crippen LogP contribution < -0.4 is 15.6 Å². The first-order chi connectivity index (χ1) is 24.8. The monoisotopic (exact) mass is 749 g/mol. The zero-order valence-electron chi connectivity index (χ0n) is 28.0. The van der Waals surface area contributed by atoms with Gasteiger partial charge in [0.1, 0.15) is 29.5 Å². The number of carboxylic acids is 1. The third-order valence-corrected chi connectivity index (χ3v) is 9.28. The van der Waals surface area contributed by atoms with E-state index in [2.05, 4.69) is 5.32 Å². The zero-order chi connectivity index (χ0) is 38.6. The SMILES string of the molecule is Cc1cc2cc(c1F)[C@@H](CC(=O)O)NC(=O)[C@@H](n1cc(CCN3CC(F)C3)c(C(F)(F)F)cc1=O)c1cc(cc(C(F)(F)F)c1)Oc1cccc(C)c1-2. The Kier molecular flexibility index (Phi) is 9.87. The molecule has 2 aliphatic heterocycles. The fourth-order valence-corrected chi connectivity index (χ4v) is 6.75. The number of likely N-dealkylation sites (tertiary alicyclic amines) is 1. The van der Waals surface area contributed by atoms with E-state index in [1.54, 1.807) is 19.1 Å². The van der Waals surface area contributed by atoms with E-state index in [1.165, 1.54) is 30.0 Å². The van der Waals surface area contributed by atoms with Crippen molar-refractivity contribution in [3.63, 3.8) is 0 Å². The summed E-state index contributed by atoms with van der Waals surface area (Å²) in [4.78, 5) is 41.5. The largest absolute Gasteiger partial charge is 0.481 e. The summed E-state index contributed by atoms with van der Waals surface area (Å²) in [5, 5.41) is 12.2. The van der Waals surface area contributed by atoms with Gasteiger partial charge in [-0.15, -0.1) is 0 Å². The van der Waals surface area contributed by atoms with Crippen molar-refractivity contribution in [3.8, 4) is 22.6 Å². The molecular weight excluding hydrogens is 718 g/mol. The van der Waals surface area contributed by atoms with Crippen molar-refractivity contribution in [2.75, 3.05) is 19.6 Å². The summed E-state index contributed by atoms with van der Waals surface area (Å²) >= 11 is 0. The molecule has 0 aliphatic carbocycles. The molecule has 1 amide bonds. The minimum atomic E-state index is -5.06. The van der Waals surface area contributed by atoms with Gasteiger partial charge in [0.2, 0.25) is 5.91 Å². The molecule has 0 saturated carbocycles. The van der Waals surface area contributed by atoms with Gasteiger partial charge < -0.3 is 15.2 Å². The number of carbonyl (C=O) groups excluding carboxylic acids is 1. The third kappa shape index (κ3) is 7.77. The number of aliphatic carboxylic acids is 1. The zero-order valence-corrected chi connectivity index (χ0v) is 28.0. The number of carboxylic acid groups (broad SMARTS) is 1. The quantitative estimate of drug-likeness (QED) is 0.198. The van der Waals surface area contributed by atoms with Crippen LogP contribution in [0, 0.1) is 19.7 Å². The number of amides is 1. The Hall–Kier alpha value is -5.25. The number of rotatable bonds is 6. The van der Waals surface area contributed by atoms with Gasteiger partial charge >= 0.3 is 18.3 Å². The minimum absolute atomic E-state index is 0.00703. The Morgan fingerprint density at radius 1 is 0.962 bits per heavy atom. The molecule has 0 radical (unpaired) electrons. The maximum absolute atomic E-state index is 15.9. The van der Waals surface area contributed by atoms with Crippen LogP contribution in [0.1, 0.15) is 57.4 Å². The second-order valence-corrected chi connectivity index (χ2v) is 13.2. The van der Waals surface area contributed by atoms with Crippen molar-refractivity contribution in [2.24, 2.45) is 0 Å². The molecule has 6 rings (SSSR count). The summed E-state index contributed by atoms with van der Waals surface area (Å²) in [7, 11) is 0. The Labute approximate surface area is 296 Å². The van der Waals surface area contributed by atoms with Crippen LogP contribution in [0.3, 0.4) is 0 Å². The van der Waals surface area contributed by atoms with E-state index in [1.807, 2.05) is 0 Å². The molecule has 16 heteroatoms. The molecule has 4 bridgehead atoms. The van der Waals surface area contributed by atoms with Crippen LogP contribution in [0.5, 0.6) is 11.5 Å². The maximum atomic E-state index is 15.9. The molecule has 1 fully saturated rings. The molecule has 2 aliphatic rings. The van der Waals surface area contributed by atoms with Crippen molar-refractivity contribution in [1.82, 2.24) is 14.8 Å². The first-order valence-corrected chi connectivity index (χ1v) is 16.3. The van der Waals surface area contributed by atoms with Crippen molar-refractivity contribution >= 4 is 11.9 Å². The second-order valence-electron chi connectivity index (χ2n) is 13.2. The van der Waals surface area contributed by atoms with Gasteiger partial charge in [-0.1, -0.05) is 12.1 Å². The standard InChI is InChI=1S/C37H31F8N3O5/c1-18-4-3-5-29-32(18)21-8-19(2)33(39)26(11-21)28(14-31(50)51)46-35(52)34(22-9-23(36(40,41)42)12-25(10-22)53-29)48-15-20(6-7-47-16-24(38)17-47)27(13-30(48)49)37(43,44)45/h3-5,8-13,15,24,28,34H,6-7,14,16-17H2,1-2H3,(H,46,52)(H,50,51)/t28-,34+/m1/s1. The number of benzene rings is 3. The van der Waals surface area contributed by atoms with E-state index < -0.39 is 88.3 Å². The molecule has 0 unspecified atom stereocenters. The fourth-order valence-electron chi connectivity index (χ4n) is 6.75. The number of carbonyl (C=O) groups is 2. The average molecular weight is 750 g/mol. The molecular formula is C37H31F8N3O5. The smallest absolute Gasteiger partial charge is 0.416 e. The van der Waals surface area contributed by atoms with E-state index in [9.17, 15) is 50.2 Å². The van der Waals surface area contributed by atoms with E-state index in [4.69, 9.17) is 4.74 Å². The number of halogens is 8. The summed E-state index contributed by atoms with van der Waals surface area (Å²) in [6.45, 7) is 2.90. The Morgan fingerprint density at radius 3 is 2.32 bits per heavy atom. The van der Waals surface area contributed by atoms with Gasteiger partial charge in [-0.2, -0.15) is 26.3 Å². The molecule has 0 spiro atoms. The lowest BCUT2D eigenvalue weighted by molar-refractivity contribution is -0.139. The highest BCUT2D eigenvalue weighted by molar-refractivity contribution is 5.85. The van der Waals surface area contributed by atoms with Crippen LogP contribution in [0.2, 0.25) is 0 Å². The van der Waals surface area contributed by atoms with Gasteiger partial charge in [-0.05, 0) is 84.5 Å². The lowest BCUT2D eigenvalue weighted by Gasteiger charge is -2.34. The van der Waals surface area contributed by atoms with Crippen molar-refractivity contribution in [2.45, 2.75) is 57.3 Å². The van der Waals surface area contributed by atoms with Crippen molar-refractivity contribution in [1.29, 1.82) is 0 Å². The van der Waals surface area contributed by atoms with Crippen molar-refractivity contribution in [3.05, 3.63) is 116 Å². The Balaban J connectivity index is 1.63. The molecule has 1 saturated heterocycles. The lowest BCUT2D eigenvalue weighted by Crippen LogP contribution is -2.49. The number of fused-ring (bicyclic) bond motifs is 6. The third-order valence-electron chi connectivity index (χ3n) is 9.28. The molecule has 4 aromatic rings. The molecule has 8 nitrogen and oxygen atoms in total. The van der Waals surface area contributed by atoms with Gasteiger partial charge in [0.25, 0.3) is 5.56 Å².